The molecule has 0 aliphatic rings. The van der Waals surface area contributed by atoms with Crippen LogP contribution in [0.1, 0.15) is 11.1 Å². The predicted octanol–water partition coefficient (Wildman–Crippen LogP) is 2.69. The van der Waals surface area contributed by atoms with Crippen LogP contribution in [-0.4, -0.2) is 14.5 Å². The molecule has 94 valence electrons. The van der Waals surface area contributed by atoms with Crippen molar-refractivity contribution < 1.29 is 4.92 Å². The molecule has 0 aliphatic carbocycles. The largest absolute Gasteiger partial charge is 0.406 e. The highest BCUT2D eigenvalue weighted by Crippen LogP contribution is 2.26. The number of hydrogen-bond donors (Lipinski definition) is 1. The Hall–Kier alpha value is -2.37. The van der Waals surface area contributed by atoms with Gasteiger partial charge in [-0.15, -0.1) is 0 Å². The van der Waals surface area contributed by atoms with Crippen LogP contribution in [0.15, 0.2) is 24.5 Å². The first-order chi connectivity index (χ1) is 8.49. The molecule has 0 bridgehead atoms. The summed E-state index contributed by atoms with van der Waals surface area (Å²) in [6.07, 6.45) is 1.42. The summed E-state index contributed by atoms with van der Waals surface area (Å²) in [6, 6.07) is 5.81. The molecule has 1 N–H and O–H groups in total. The highest BCUT2D eigenvalue weighted by atomic mass is 16.6. The van der Waals surface area contributed by atoms with E-state index in [0.29, 0.717) is 5.82 Å². The number of hydrogen-bond acceptors (Lipinski definition) is 4. The van der Waals surface area contributed by atoms with Crippen molar-refractivity contribution >= 4 is 17.3 Å². The summed E-state index contributed by atoms with van der Waals surface area (Å²) in [5.41, 5.74) is 3.12. The molecule has 0 unspecified atom stereocenters. The second-order valence-corrected chi connectivity index (χ2v) is 4.21. The lowest BCUT2D eigenvalue weighted by molar-refractivity contribution is -0.388. The Morgan fingerprint density at radius 3 is 2.67 bits per heavy atom. The third-order valence-corrected chi connectivity index (χ3v) is 2.86. The summed E-state index contributed by atoms with van der Waals surface area (Å²) < 4.78 is 1.59. The molecule has 0 radical (unpaired) electrons. The smallest absolute Gasteiger partial charge is 0.358 e. The average molecular weight is 246 g/mol. The van der Waals surface area contributed by atoms with Crippen molar-refractivity contribution in [2.24, 2.45) is 7.05 Å². The standard InChI is InChI=1S/C12H14N4O2/c1-8-4-5-10(6-9(8)2)14-12-11(16(17)18)13-7-15(12)3/h4-7,14H,1-3H3. The molecule has 1 aromatic carbocycles. The number of rotatable bonds is 3. The van der Waals surface area contributed by atoms with E-state index < -0.39 is 4.92 Å². The van der Waals surface area contributed by atoms with Gasteiger partial charge in [-0.3, -0.25) is 4.57 Å². The molecule has 0 saturated heterocycles. The summed E-state index contributed by atoms with van der Waals surface area (Å²) >= 11 is 0. The molecule has 0 fully saturated rings. The average Bonchev–Trinajstić information content (AvgIpc) is 2.66. The van der Waals surface area contributed by atoms with Crippen LogP contribution < -0.4 is 5.32 Å². The van der Waals surface area contributed by atoms with Gasteiger partial charge in [-0.25, -0.2) is 0 Å². The number of imidazole rings is 1. The van der Waals surface area contributed by atoms with Crippen molar-refractivity contribution in [3.05, 3.63) is 45.8 Å². The molecule has 6 nitrogen and oxygen atoms in total. The van der Waals surface area contributed by atoms with Crippen molar-refractivity contribution in [1.82, 2.24) is 9.55 Å². The Labute approximate surface area is 104 Å². The minimum absolute atomic E-state index is 0.171. The normalized spacial score (nSPS) is 10.4. The molecule has 2 rings (SSSR count). The Balaban J connectivity index is 2.36. The molecule has 0 saturated carbocycles. The van der Waals surface area contributed by atoms with Gasteiger partial charge in [0.25, 0.3) is 0 Å². The maximum absolute atomic E-state index is 10.8. The molecule has 0 amide bonds. The number of aryl methyl sites for hydroxylation is 3. The maximum atomic E-state index is 10.8. The number of nitrogens with one attached hydrogen (secondary N) is 1. The van der Waals surface area contributed by atoms with Gasteiger partial charge >= 0.3 is 5.82 Å². The van der Waals surface area contributed by atoms with Crippen molar-refractivity contribution in [2.45, 2.75) is 13.8 Å². The van der Waals surface area contributed by atoms with Gasteiger partial charge in [0, 0.05) is 12.7 Å². The summed E-state index contributed by atoms with van der Waals surface area (Å²) in [5.74, 6) is 0.207. The lowest BCUT2D eigenvalue weighted by Crippen LogP contribution is -2.01. The van der Waals surface area contributed by atoms with Crippen LogP contribution in [0.5, 0.6) is 0 Å². The van der Waals surface area contributed by atoms with E-state index in [-0.39, 0.29) is 5.82 Å². The van der Waals surface area contributed by atoms with Crippen LogP contribution in [-0.2, 0) is 7.05 Å². The van der Waals surface area contributed by atoms with E-state index in [4.69, 9.17) is 0 Å². The van der Waals surface area contributed by atoms with Gasteiger partial charge in [-0.05, 0) is 47.0 Å². The first kappa shape index (κ1) is 12.1. The van der Waals surface area contributed by atoms with E-state index in [1.54, 1.807) is 11.6 Å². The minimum Gasteiger partial charge on any atom is -0.358 e. The molecular formula is C12H14N4O2. The Morgan fingerprint density at radius 2 is 2.06 bits per heavy atom. The van der Waals surface area contributed by atoms with Gasteiger partial charge in [0.2, 0.25) is 12.1 Å². The molecule has 6 heteroatoms. The topological polar surface area (TPSA) is 73.0 Å². The molecule has 1 aromatic heterocycles. The van der Waals surface area contributed by atoms with E-state index in [1.165, 1.54) is 11.9 Å². The van der Waals surface area contributed by atoms with E-state index >= 15 is 0 Å². The molecule has 0 spiro atoms. The fourth-order valence-corrected chi connectivity index (χ4v) is 1.65. The zero-order valence-electron chi connectivity index (χ0n) is 10.5. The van der Waals surface area contributed by atoms with E-state index in [2.05, 4.69) is 10.3 Å². The maximum Gasteiger partial charge on any atom is 0.406 e. The van der Waals surface area contributed by atoms with Crippen molar-refractivity contribution in [2.75, 3.05) is 5.32 Å². The molecule has 1 heterocycles. The highest BCUT2D eigenvalue weighted by Gasteiger charge is 2.19. The van der Waals surface area contributed by atoms with Gasteiger partial charge in [0.15, 0.2) is 0 Å². The lowest BCUT2D eigenvalue weighted by Gasteiger charge is -2.08. The second-order valence-electron chi connectivity index (χ2n) is 4.21. The first-order valence-corrected chi connectivity index (χ1v) is 5.49. The second kappa shape index (κ2) is 4.48. The van der Waals surface area contributed by atoms with Gasteiger partial charge in [0.1, 0.15) is 0 Å². The van der Waals surface area contributed by atoms with Gasteiger partial charge in [-0.2, -0.15) is 0 Å². The molecule has 2 aromatic rings. The van der Waals surface area contributed by atoms with Crippen molar-refractivity contribution in [3.63, 3.8) is 0 Å². The number of benzene rings is 1. The van der Waals surface area contributed by atoms with Crippen LogP contribution in [0.3, 0.4) is 0 Å². The lowest BCUT2D eigenvalue weighted by atomic mass is 10.1. The fourth-order valence-electron chi connectivity index (χ4n) is 1.65. The Morgan fingerprint density at radius 1 is 1.33 bits per heavy atom. The zero-order valence-corrected chi connectivity index (χ0v) is 10.5. The number of aromatic nitrogens is 2. The zero-order chi connectivity index (χ0) is 13.3. The minimum atomic E-state index is -0.497. The first-order valence-electron chi connectivity index (χ1n) is 5.49. The summed E-state index contributed by atoms with van der Waals surface area (Å²) in [7, 11) is 1.71. The van der Waals surface area contributed by atoms with Crippen LogP contribution >= 0.6 is 0 Å². The third kappa shape index (κ3) is 2.17. The van der Waals surface area contributed by atoms with E-state index in [9.17, 15) is 10.1 Å². The Kier molecular flexibility index (Phi) is 3.01. The predicted molar refractivity (Wildman–Crippen MR) is 69.1 cm³/mol. The molecule has 0 atom stereocenters. The number of nitro groups is 1. The van der Waals surface area contributed by atoms with Crippen molar-refractivity contribution in [3.8, 4) is 0 Å². The van der Waals surface area contributed by atoms with Crippen LogP contribution in [0, 0.1) is 24.0 Å². The summed E-state index contributed by atoms with van der Waals surface area (Å²) in [6.45, 7) is 4.02. The van der Waals surface area contributed by atoms with E-state index in [1.807, 2.05) is 32.0 Å². The van der Waals surface area contributed by atoms with Gasteiger partial charge < -0.3 is 15.4 Å². The van der Waals surface area contributed by atoms with Crippen LogP contribution in [0.2, 0.25) is 0 Å². The summed E-state index contributed by atoms with van der Waals surface area (Å²) in [5, 5.41) is 13.9. The third-order valence-electron chi connectivity index (χ3n) is 2.86. The molecule has 18 heavy (non-hydrogen) atoms. The van der Waals surface area contributed by atoms with Crippen molar-refractivity contribution in [1.29, 1.82) is 0 Å². The number of anilines is 2. The summed E-state index contributed by atoms with van der Waals surface area (Å²) in [4.78, 5) is 14.1. The van der Waals surface area contributed by atoms with Crippen LogP contribution in [0.4, 0.5) is 17.3 Å². The van der Waals surface area contributed by atoms with Gasteiger partial charge in [-0.1, -0.05) is 6.07 Å². The highest BCUT2D eigenvalue weighted by molar-refractivity contribution is 5.64. The van der Waals surface area contributed by atoms with Crippen LogP contribution in [0.25, 0.3) is 0 Å². The molecule has 0 aliphatic heterocycles. The Bertz CT molecular complexity index is 604. The molecular weight excluding hydrogens is 232 g/mol. The quantitative estimate of drug-likeness (QED) is 0.667. The monoisotopic (exact) mass is 246 g/mol. The number of nitrogens with zero attached hydrogens (tertiary/aromatic N) is 3. The fraction of sp³-hybridized carbons (Fsp3) is 0.250. The SMILES string of the molecule is Cc1ccc(Nc2c([N+](=O)[O-])ncn2C)cc1C. The van der Waals surface area contributed by atoms with Gasteiger partial charge in [0.05, 0.1) is 0 Å². The van der Waals surface area contributed by atoms with E-state index in [0.717, 1.165) is 11.3 Å².